The lowest BCUT2D eigenvalue weighted by Gasteiger charge is -2.42. The van der Waals surface area contributed by atoms with Gasteiger partial charge in [0.25, 0.3) is 0 Å². The molecule has 5 aromatic rings. The second kappa shape index (κ2) is 35.5. The van der Waals surface area contributed by atoms with E-state index in [2.05, 4.69) is 375 Å². The molecule has 0 fully saturated rings. The third kappa shape index (κ3) is 25.9. The van der Waals surface area contributed by atoms with Crippen LogP contribution < -0.4 is 0 Å². The third-order valence-corrected chi connectivity index (χ3v) is 40.9. The predicted octanol–water partition coefficient (Wildman–Crippen LogP) is 28.8. The number of allylic oxidation sites excluding steroid dienone is 9. The molecule has 2 N–H and O–H groups in total. The van der Waals surface area contributed by atoms with Crippen molar-refractivity contribution in [2.75, 3.05) is 12.5 Å². The van der Waals surface area contributed by atoms with Gasteiger partial charge in [0, 0.05) is 68.8 Å². The molecule has 7 atom stereocenters. The number of ether oxygens (including phenoxy) is 2. The van der Waals surface area contributed by atoms with E-state index in [-0.39, 0.29) is 16.7 Å². The van der Waals surface area contributed by atoms with Crippen molar-refractivity contribution in [2.24, 2.45) is 5.41 Å². The lowest BCUT2D eigenvalue weighted by Crippen LogP contribution is -2.51. The van der Waals surface area contributed by atoms with Crippen molar-refractivity contribution in [1.29, 1.82) is 0 Å². The summed E-state index contributed by atoms with van der Waals surface area (Å²) >= 11 is 14.3. The van der Waals surface area contributed by atoms with Crippen LogP contribution in [-0.2, 0) is 21.9 Å². The molecule has 7 aliphatic rings. The topological polar surface area (TPSA) is 50.0 Å². The first-order chi connectivity index (χ1) is 48.8. The SMILES string of the molecule is CC(C)(C)C[Si](C)(Cl)C1C=C(C[Si](C)(C)C)c2ccccc21.CC(C)(C)OC[Si](C)(Cl)C1C=C(C[Si](C)(C)C)c2ccccc21.CCC1=Cc2ccccc2C1[Si](C)(COC(C)(C)C)C1C=C(C[Si](C)(C)C)c2ccccc21.C[Si](C)(C)CC1=CCc2ccccc21.C[Si](C)(C)Cc1cc2cc[cH-]cc-2c1.O. The summed E-state index contributed by atoms with van der Waals surface area (Å²) in [5.74, 6) is 0. The second-order valence-corrected chi connectivity index (χ2v) is 85.8. The van der Waals surface area contributed by atoms with Crippen molar-refractivity contribution in [3.63, 3.8) is 0 Å². The molecule has 0 heterocycles. The lowest BCUT2D eigenvalue weighted by molar-refractivity contribution is 0.0209. The van der Waals surface area contributed by atoms with E-state index in [1.54, 1.807) is 27.9 Å². The summed E-state index contributed by atoms with van der Waals surface area (Å²) < 4.78 is 12.8. The Morgan fingerprint density at radius 1 is 0.430 bits per heavy atom. The largest absolute Gasteiger partial charge is 0.412 e. The summed E-state index contributed by atoms with van der Waals surface area (Å²) in [6.07, 6.45) is 16.4. The molecular formula is C94H141Cl2O3Si8-. The fourth-order valence-corrected chi connectivity index (χ4v) is 37.8. The number of fused-ring (bicyclic) bond motifs is 6. The molecule has 0 spiro atoms. The zero-order valence-electron chi connectivity index (χ0n) is 71.9. The van der Waals surface area contributed by atoms with Gasteiger partial charge in [-0.25, -0.2) is 0 Å². The Bertz CT molecular complexity index is 4210. The molecule has 0 aliphatic heterocycles. The van der Waals surface area contributed by atoms with Crippen molar-refractivity contribution in [3.05, 3.63) is 249 Å². The van der Waals surface area contributed by atoms with E-state index in [0.29, 0.717) is 33.8 Å². The minimum atomic E-state index is -2.06. The molecule has 5 aromatic carbocycles. The van der Waals surface area contributed by atoms with E-state index in [1.165, 1.54) is 103 Å². The van der Waals surface area contributed by atoms with Gasteiger partial charge >= 0.3 is 0 Å². The van der Waals surface area contributed by atoms with Crippen LogP contribution in [-0.4, -0.2) is 92.3 Å². The highest BCUT2D eigenvalue weighted by molar-refractivity contribution is 7.21. The average Bonchev–Trinajstić information content (AvgIpc) is 1.58. The summed E-state index contributed by atoms with van der Waals surface area (Å²) in [4.78, 5) is 0. The quantitative estimate of drug-likeness (QED) is 0.0434. The van der Waals surface area contributed by atoms with E-state index in [1.807, 2.05) is 0 Å². The zero-order valence-corrected chi connectivity index (χ0v) is 81.4. The maximum Gasteiger partial charge on any atom is 0.190 e. The van der Waals surface area contributed by atoms with Crippen LogP contribution in [0.4, 0.5) is 0 Å². The van der Waals surface area contributed by atoms with Crippen LogP contribution in [0.2, 0.25) is 148 Å². The Hall–Kier alpha value is -4.17. The van der Waals surface area contributed by atoms with Gasteiger partial charge in [0.2, 0.25) is 0 Å². The van der Waals surface area contributed by atoms with Gasteiger partial charge in [-0.1, -0.05) is 314 Å². The lowest BCUT2D eigenvalue weighted by atomic mass is 10.0. The predicted molar refractivity (Wildman–Crippen MR) is 501 cm³/mol. The van der Waals surface area contributed by atoms with Gasteiger partial charge in [0.05, 0.1) is 17.4 Å². The summed E-state index contributed by atoms with van der Waals surface area (Å²) in [6, 6.07) is 65.8. The van der Waals surface area contributed by atoms with Gasteiger partial charge in [-0.2, -0.15) is 46.4 Å². The molecule has 7 unspecified atom stereocenters. The molecular weight excluding hydrogens is 1470 g/mol. The summed E-state index contributed by atoms with van der Waals surface area (Å²) in [6.45, 7) is 66.2. The summed E-state index contributed by atoms with van der Waals surface area (Å²) in [5, 5.41) is 0. The van der Waals surface area contributed by atoms with E-state index < -0.39 is 63.2 Å². The van der Waals surface area contributed by atoms with E-state index in [9.17, 15) is 0 Å². The van der Waals surface area contributed by atoms with Crippen LogP contribution in [0.3, 0.4) is 0 Å². The molecule has 107 heavy (non-hydrogen) atoms. The Morgan fingerprint density at radius 3 is 1.27 bits per heavy atom. The van der Waals surface area contributed by atoms with Crippen LogP contribution >= 0.6 is 22.2 Å². The fraction of sp³-hybridized carbons (Fsp3) is 0.479. The van der Waals surface area contributed by atoms with Gasteiger partial charge in [0.1, 0.15) is 8.07 Å². The first-order valence-electron chi connectivity index (χ1n) is 40.1. The minimum Gasteiger partial charge on any atom is -0.412 e. The Morgan fingerprint density at radius 2 is 0.822 bits per heavy atom. The van der Waals surface area contributed by atoms with Crippen molar-refractivity contribution < 1.29 is 14.9 Å². The highest BCUT2D eigenvalue weighted by Gasteiger charge is 2.51. The van der Waals surface area contributed by atoms with Crippen LogP contribution in [0.25, 0.3) is 39.5 Å². The van der Waals surface area contributed by atoms with E-state index >= 15 is 0 Å². The van der Waals surface area contributed by atoms with Gasteiger partial charge in [-0.05, 0) is 174 Å². The first-order valence-corrected chi connectivity index (χ1v) is 69.1. The molecule has 0 aromatic heterocycles. The first kappa shape index (κ1) is 90.0. The smallest absolute Gasteiger partial charge is 0.190 e. The van der Waals surface area contributed by atoms with Gasteiger partial charge in [-0.15, -0.1) is 17.2 Å². The number of benzene rings is 6. The van der Waals surface area contributed by atoms with Gasteiger partial charge < -0.3 is 14.9 Å². The Labute approximate surface area is 670 Å². The summed E-state index contributed by atoms with van der Waals surface area (Å²) in [5.41, 5.74) is 28.9. The third-order valence-electron chi connectivity index (χ3n) is 20.8. The molecule has 12 rings (SSSR count). The molecule has 582 valence electrons. The van der Waals surface area contributed by atoms with Crippen LogP contribution in [0.5, 0.6) is 0 Å². The molecule has 3 nitrogen and oxygen atoms in total. The van der Waals surface area contributed by atoms with Crippen LogP contribution in [0.1, 0.15) is 159 Å². The molecule has 0 radical (unpaired) electrons. The monoisotopic (exact) mass is 1610 g/mol. The average molecular weight is 1610 g/mol. The molecule has 7 aliphatic carbocycles. The highest BCUT2D eigenvalue weighted by Crippen LogP contribution is 2.55. The Balaban J connectivity index is 0.000000193. The van der Waals surface area contributed by atoms with Crippen molar-refractivity contribution in [1.82, 2.24) is 0 Å². The van der Waals surface area contributed by atoms with Crippen LogP contribution in [0.15, 0.2) is 188 Å². The minimum absolute atomic E-state index is 0. The number of hydrogen-bond acceptors (Lipinski definition) is 2. The molecule has 0 saturated heterocycles. The molecule has 13 heteroatoms. The summed E-state index contributed by atoms with van der Waals surface area (Å²) in [7, 11) is -11.4. The maximum absolute atomic E-state index is 7.20. The number of hydrogen-bond donors (Lipinski definition) is 0. The molecule has 0 amide bonds. The van der Waals surface area contributed by atoms with Crippen molar-refractivity contribution in [3.8, 4) is 11.1 Å². The van der Waals surface area contributed by atoms with E-state index in [4.69, 9.17) is 31.6 Å². The number of rotatable bonds is 20. The van der Waals surface area contributed by atoms with Gasteiger partial charge in [-0.3, -0.25) is 0 Å². The highest BCUT2D eigenvalue weighted by atomic mass is 35.6. The second-order valence-electron chi connectivity index (χ2n) is 41.8. The maximum atomic E-state index is 7.20. The van der Waals surface area contributed by atoms with E-state index in [0.717, 1.165) is 25.1 Å². The number of halogens is 2. The van der Waals surface area contributed by atoms with Crippen molar-refractivity contribution >= 4 is 114 Å². The fourth-order valence-electron chi connectivity index (χ4n) is 16.9. The molecule has 0 bridgehead atoms. The van der Waals surface area contributed by atoms with Gasteiger partial charge in [0.15, 0.2) is 14.8 Å². The standard InChI is InChI=1S/C30H42OSi2.C19H31ClOSi2.C19H31ClSi2.C13H17Si.C13H18Si.H2O/c1-9-22-18-23-14-10-11-16-26(23)29(22)33(8,21-31-30(2,3)4)28-19-24(20-32(5,6)7)25-15-12-13-17-27(25)28;1-19(2,3)21-14-23(7,20)18-12-15(13-22(4,5)6)16-10-8-9-11-17(16)18;1-19(2,3)14-22(7,20)18-12-15(13-21(4,5)6)16-10-8-9-11-17(16)18;1-14(2,3)10-11-8-12-6-4-5-7-13(12)9-11;1-14(2,3)10-12-9-8-11-6-4-5-7-13(11)12;/h10-19,28-29H,9,20-21H2,1-8H3;8-12,18H,13-14H2,1-7H3;8-12,18H,13-14H2,1-7H3;4-9H,10H2,1-3H3;4-7,9H,8,10H2,1-3H3;1H2/q;;;-1;;. The normalized spacial score (nSPS) is 19.2. The zero-order chi connectivity index (χ0) is 78.6. The molecule has 0 saturated carbocycles. The van der Waals surface area contributed by atoms with Crippen molar-refractivity contribution in [2.45, 2.75) is 270 Å². The Kier molecular flexibility index (Phi) is 29.8. The van der Waals surface area contributed by atoms with Crippen LogP contribution in [0, 0.1) is 5.41 Å².